The summed E-state index contributed by atoms with van der Waals surface area (Å²) in [6.45, 7) is 4.62. The smallest absolute Gasteiger partial charge is 0.236 e. The number of amides is 1. The second kappa shape index (κ2) is 5.50. The predicted molar refractivity (Wildman–Crippen MR) is 62.5 cm³/mol. The molecule has 0 aromatic rings. The molecular formula is C11H17BrN2O. The van der Waals surface area contributed by atoms with Crippen molar-refractivity contribution < 1.29 is 4.79 Å². The van der Waals surface area contributed by atoms with Crippen molar-refractivity contribution in [2.45, 2.75) is 44.0 Å². The van der Waals surface area contributed by atoms with Crippen molar-refractivity contribution >= 4 is 21.8 Å². The normalized spacial score (nSPS) is 17.3. The van der Waals surface area contributed by atoms with E-state index in [1.165, 1.54) is 0 Å². The van der Waals surface area contributed by atoms with E-state index in [2.05, 4.69) is 22.0 Å². The van der Waals surface area contributed by atoms with Crippen LogP contribution in [-0.2, 0) is 4.79 Å². The summed E-state index contributed by atoms with van der Waals surface area (Å²) in [7, 11) is 0. The van der Waals surface area contributed by atoms with Crippen LogP contribution < -0.4 is 0 Å². The lowest BCUT2D eigenvalue weighted by Crippen LogP contribution is -2.40. The SMILES string of the molecule is CC(C)C(Br)C(=O)N(CCC#N)C1CC1. The van der Waals surface area contributed by atoms with Gasteiger partial charge in [-0.05, 0) is 18.8 Å². The summed E-state index contributed by atoms with van der Waals surface area (Å²) < 4.78 is 0. The van der Waals surface area contributed by atoms with E-state index >= 15 is 0 Å². The summed E-state index contributed by atoms with van der Waals surface area (Å²) in [6, 6.07) is 2.49. The van der Waals surface area contributed by atoms with Crippen LogP contribution in [0.15, 0.2) is 0 Å². The number of halogens is 1. The van der Waals surface area contributed by atoms with Gasteiger partial charge in [-0.25, -0.2) is 0 Å². The Hall–Kier alpha value is -0.560. The van der Waals surface area contributed by atoms with Gasteiger partial charge in [-0.1, -0.05) is 29.8 Å². The quantitative estimate of drug-likeness (QED) is 0.721. The van der Waals surface area contributed by atoms with E-state index in [0.717, 1.165) is 12.8 Å². The number of nitriles is 1. The number of nitrogens with zero attached hydrogens (tertiary/aromatic N) is 2. The third-order valence-corrected chi connectivity index (χ3v) is 4.01. The molecule has 15 heavy (non-hydrogen) atoms. The second-order valence-electron chi connectivity index (χ2n) is 4.32. The molecule has 0 aromatic carbocycles. The average molecular weight is 273 g/mol. The van der Waals surface area contributed by atoms with E-state index in [1.54, 1.807) is 0 Å². The average Bonchev–Trinajstić information content (AvgIpc) is 3.00. The Labute approximate surface area is 99.6 Å². The first kappa shape index (κ1) is 12.5. The van der Waals surface area contributed by atoms with Crippen LogP contribution in [0, 0.1) is 17.2 Å². The van der Waals surface area contributed by atoms with Gasteiger partial charge in [0.15, 0.2) is 0 Å². The third-order valence-electron chi connectivity index (χ3n) is 2.56. The van der Waals surface area contributed by atoms with Crippen LogP contribution in [0.4, 0.5) is 0 Å². The van der Waals surface area contributed by atoms with Crippen molar-refractivity contribution in [3.8, 4) is 6.07 Å². The zero-order valence-electron chi connectivity index (χ0n) is 9.24. The molecule has 0 heterocycles. The van der Waals surface area contributed by atoms with Crippen molar-refractivity contribution in [2.75, 3.05) is 6.54 Å². The molecule has 0 aromatic heterocycles. The van der Waals surface area contributed by atoms with Gasteiger partial charge >= 0.3 is 0 Å². The van der Waals surface area contributed by atoms with Gasteiger partial charge in [-0.2, -0.15) is 5.26 Å². The molecule has 1 fully saturated rings. The van der Waals surface area contributed by atoms with Crippen LogP contribution in [0.3, 0.4) is 0 Å². The first-order valence-corrected chi connectivity index (χ1v) is 6.31. The first-order chi connectivity index (χ1) is 7.07. The van der Waals surface area contributed by atoms with E-state index in [9.17, 15) is 4.79 Å². The van der Waals surface area contributed by atoms with Crippen LogP contribution in [0.2, 0.25) is 0 Å². The summed E-state index contributed by atoms with van der Waals surface area (Å²) in [4.78, 5) is 13.8. The minimum atomic E-state index is -0.114. The number of rotatable bonds is 5. The van der Waals surface area contributed by atoms with E-state index in [-0.39, 0.29) is 10.7 Å². The van der Waals surface area contributed by atoms with Crippen molar-refractivity contribution in [1.82, 2.24) is 4.90 Å². The molecule has 1 rings (SSSR count). The van der Waals surface area contributed by atoms with Crippen LogP contribution in [0.5, 0.6) is 0 Å². The van der Waals surface area contributed by atoms with Crippen LogP contribution in [0.25, 0.3) is 0 Å². The molecule has 0 radical (unpaired) electrons. The minimum Gasteiger partial charge on any atom is -0.338 e. The Kier molecular flexibility index (Phi) is 4.59. The fourth-order valence-corrected chi connectivity index (χ4v) is 1.74. The molecular weight excluding hydrogens is 256 g/mol. The van der Waals surface area contributed by atoms with Crippen molar-refractivity contribution in [1.29, 1.82) is 5.26 Å². The van der Waals surface area contributed by atoms with E-state index in [0.29, 0.717) is 24.9 Å². The Balaban J connectivity index is 2.55. The van der Waals surface area contributed by atoms with Crippen molar-refractivity contribution in [3.63, 3.8) is 0 Å². The summed E-state index contributed by atoms with van der Waals surface area (Å²) >= 11 is 3.42. The highest BCUT2D eigenvalue weighted by Gasteiger charge is 2.35. The predicted octanol–water partition coefficient (Wildman–Crippen LogP) is 2.31. The molecule has 1 atom stereocenters. The molecule has 0 aliphatic heterocycles. The standard InChI is InChI=1S/C11H17BrN2O/c1-8(2)10(12)11(15)14(7-3-6-13)9-4-5-9/h8-10H,3-5,7H2,1-2H3. The van der Waals surface area contributed by atoms with Gasteiger partial charge in [-0.3, -0.25) is 4.79 Å². The molecule has 0 saturated heterocycles. The Morgan fingerprint density at radius 3 is 2.60 bits per heavy atom. The third kappa shape index (κ3) is 3.49. The minimum absolute atomic E-state index is 0.114. The van der Waals surface area contributed by atoms with Gasteiger partial charge in [0.25, 0.3) is 0 Å². The summed E-state index contributed by atoms with van der Waals surface area (Å²) in [5, 5.41) is 8.55. The monoisotopic (exact) mass is 272 g/mol. The van der Waals surface area contributed by atoms with Crippen molar-refractivity contribution in [2.24, 2.45) is 5.92 Å². The van der Waals surface area contributed by atoms with Crippen LogP contribution in [0.1, 0.15) is 33.1 Å². The molecule has 1 unspecified atom stereocenters. The number of alkyl halides is 1. The molecule has 1 saturated carbocycles. The Morgan fingerprint density at radius 1 is 1.60 bits per heavy atom. The maximum Gasteiger partial charge on any atom is 0.236 e. The topological polar surface area (TPSA) is 44.1 Å². The fourth-order valence-electron chi connectivity index (χ4n) is 1.47. The molecule has 0 bridgehead atoms. The fraction of sp³-hybridized carbons (Fsp3) is 0.818. The van der Waals surface area contributed by atoms with Gasteiger partial charge in [-0.15, -0.1) is 0 Å². The van der Waals surface area contributed by atoms with Gasteiger partial charge in [0, 0.05) is 12.6 Å². The molecule has 1 amide bonds. The zero-order valence-corrected chi connectivity index (χ0v) is 10.8. The maximum atomic E-state index is 12.0. The number of hydrogen-bond acceptors (Lipinski definition) is 2. The largest absolute Gasteiger partial charge is 0.338 e. The first-order valence-electron chi connectivity index (χ1n) is 5.39. The molecule has 4 heteroatoms. The van der Waals surface area contributed by atoms with Gasteiger partial charge in [0.1, 0.15) is 0 Å². The number of carbonyl (C=O) groups is 1. The second-order valence-corrected chi connectivity index (χ2v) is 5.30. The van der Waals surface area contributed by atoms with E-state index in [1.807, 2.05) is 18.7 Å². The molecule has 3 nitrogen and oxygen atoms in total. The highest BCUT2D eigenvalue weighted by molar-refractivity contribution is 9.10. The lowest BCUT2D eigenvalue weighted by Gasteiger charge is -2.25. The lowest BCUT2D eigenvalue weighted by molar-refractivity contribution is -0.131. The molecule has 84 valence electrons. The van der Waals surface area contributed by atoms with E-state index in [4.69, 9.17) is 5.26 Å². The highest BCUT2D eigenvalue weighted by atomic mass is 79.9. The number of hydrogen-bond donors (Lipinski definition) is 0. The molecule has 1 aliphatic rings. The summed E-state index contributed by atoms with van der Waals surface area (Å²) in [5.41, 5.74) is 0. The summed E-state index contributed by atoms with van der Waals surface area (Å²) in [6.07, 6.45) is 2.62. The summed E-state index contributed by atoms with van der Waals surface area (Å²) in [5.74, 6) is 0.434. The van der Waals surface area contributed by atoms with Crippen LogP contribution >= 0.6 is 15.9 Å². The molecule has 0 spiro atoms. The highest BCUT2D eigenvalue weighted by Crippen LogP contribution is 2.29. The Bertz CT molecular complexity index is 268. The van der Waals surface area contributed by atoms with Crippen LogP contribution in [-0.4, -0.2) is 28.2 Å². The Morgan fingerprint density at radius 2 is 2.20 bits per heavy atom. The van der Waals surface area contributed by atoms with Gasteiger partial charge < -0.3 is 4.90 Å². The molecule has 1 aliphatic carbocycles. The lowest BCUT2D eigenvalue weighted by atomic mass is 10.1. The van der Waals surface area contributed by atoms with E-state index < -0.39 is 0 Å². The molecule has 0 N–H and O–H groups in total. The zero-order chi connectivity index (χ0) is 11.4. The van der Waals surface area contributed by atoms with Crippen molar-refractivity contribution in [3.05, 3.63) is 0 Å². The number of carbonyl (C=O) groups excluding carboxylic acids is 1. The van der Waals surface area contributed by atoms with Gasteiger partial charge in [0.2, 0.25) is 5.91 Å². The van der Waals surface area contributed by atoms with Gasteiger partial charge in [0.05, 0.1) is 17.3 Å². The maximum absolute atomic E-state index is 12.0.